The maximum absolute atomic E-state index is 12.5. The summed E-state index contributed by atoms with van der Waals surface area (Å²) in [7, 11) is 0. The van der Waals surface area contributed by atoms with E-state index in [2.05, 4.69) is 21.3 Å². The summed E-state index contributed by atoms with van der Waals surface area (Å²) in [4.78, 5) is 25.5. The second kappa shape index (κ2) is 11.1. The number of aromatic amines is 1. The predicted octanol–water partition coefficient (Wildman–Crippen LogP) is 4.72. The molecule has 10 heteroatoms. The van der Waals surface area contributed by atoms with Crippen LogP contribution in [0.25, 0.3) is 10.9 Å². The third-order valence-corrected chi connectivity index (χ3v) is 8.76. The minimum absolute atomic E-state index is 0.0168. The van der Waals surface area contributed by atoms with Crippen molar-refractivity contribution in [2.24, 2.45) is 4.99 Å². The number of nitrogens with zero attached hydrogens (tertiary/aromatic N) is 3. The number of carbonyl (C=O) groups is 1. The number of H-pyrrole nitrogens is 1. The molecule has 1 amide bonds. The van der Waals surface area contributed by atoms with Gasteiger partial charge in [0.25, 0.3) is 5.91 Å². The molecule has 8 nitrogen and oxygen atoms in total. The number of anilines is 1. The molecule has 3 aromatic rings. The van der Waals surface area contributed by atoms with Gasteiger partial charge < -0.3 is 24.4 Å². The van der Waals surface area contributed by atoms with Gasteiger partial charge in [-0.05, 0) is 49.6 Å². The lowest BCUT2D eigenvalue weighted by Crippen LogP contribution is -2.49. The van der Waals surface area contributed by atoms with Crippen LogP contribution in [0.5, 0.6) is 0 Å². The fraction of sp³-hybridized carbons (Fsp3) is 0.481. The standard InChI is InChI=1S/C27H32ClN5O3S/c28-19-14-18-15-23(31-25(18)22(16-19)29-20-4-12-35-13-5-20)26-30-21(17-37-26)3-6-32-7-9-33(10-8-32)27(34)24-2-1-11-36-24/h1-2,11,14-16,20-21,29,31H,3-10,12-13,17H2. The number of rotatable bonds is 7. The number of piperazine rings is 1. The zero-order valence-corrected chi connectivity index (χ0v) is 22.3. The van der Waals surface area contributed by atoms with Crippen molar-refractivity contribution < 1.29 is 13.9 Å². The minimum atomic E-state index is -0.0168. The number of hydrogen-bond donors (Lipinski definition) is 2. The number of aliphatic imine (C=N–C) groups is 1. The van der Waals surface area contributed by atoms with E-state index in [-0.39, 0.29) is 5.91 Å². The van der Waals surface area contributed by atoms with Crippen molar-refractivity contribution in [2.75, 3.05) is 57.0 Å². The highest BCUT2D eigenvalue weighted by molar-refractivity contribution is 8.14. The molecule has 0 spiro atoms. The van der Waals surface area contributed by atoms with Crippen molar-refractivity contribution in [3.63, 3.8) is 0 Å². The number of benzene rings is 1. The van der Waals surface area contributed by atoms with E-state index in [1.807, 2.05) is 28.8 Å². The van der Waals surface area contributed by atoms with E-state index in [4.69, 9.17) is 25.7 Å². The fourth-order valence-corrected chi connectivity index (χ4v) is 6.58. The van der Waals surface area contributed by atoms with Gasteiger partial charge in [-0.3, -0.25) is 14.7 Å². The van der Waals surface area contributed by atoms with Gasteiger partial charge in [-0.2, -0.15) is 0 Å². The summed E-state index contributed by atoms with van der Waals surface area (Å²) in [5.41, 5.74) is 3.19. The van der Waals surface area contributed by atoms with Crippen LogP contribution in [0.3, 0.4) is 0 Å². The fourth-order valence-electron chi connectivity index (χ4n) is 5.27. The van der Waals surface area contributed by atoms with Gasteiger partial charge >= 0.3 is 0 Å². The Labute approximate surface area is 225 Å². The van der Waals surface area contributed by atoms with Crippen LogP contribution in [0.1, 0.15) is 35.5 Å². The number of thioether (sulfide) groups is 1. The average Bonchev–Trinajstić information content (AvgIpc) is 3.69. The van der Waals surface area contributed by atoms with Gasteiger partial charge in [0.15, 0.2) is 5.76 Å². The lowest BCUT2D eigenvalue weighted by Gasteiger charge is -2.34. The molecule has 2 fully saturated rings. The molecule has 0 saturated carbocycles. The van der Waals surface area contributed by atoms with Gasteiger partial charge in [-0.1, -0.05) is 11.6 Å². The molecule has 6 rings (SSSR count). The van der Waals surface area contributed by atoms with Crippen LogP contribution in [0.4, 0.5) is 5.69 Å². The first kappa shape index (κ1) is 24.9. The summed E-state index contributed by atoms with van der Waals surface area (Å²) in [6.07, 6.45) is 4.57. The summed E-state index contributed by atoms with van der Waals surface area (Å²) in [5, 5.41) is 6.58. The molecule has 1 unspecified atom stereocenters. The third-order valence-electron chi connectivity index (χ3n) is 7.39. The Kier molecular flexibility index (Phi) is 7.46. The van der Waals surface area contributed by atoms with E-state index in [1.165, 1.54) is 0 Å². The molecule has 2 saturated heterocycles. The topological polar surface area (TPSA) is 86.1 Å². The molecular formula is C27H32ClN5O3S. The van der Waals surface area contributed by atoms with Gasteiger partial charge in [0.05, 0.1) is 29.2 Å². The summed E-state index contributed by atoms with van der Waals surface area (Å²) >= 11 is 8.28. The van der Waals surface area contributed by atoms with Gasteiger partial charge in [0.1, 0.15) is 5.04 Å². The van der Waals surface area contributed by atoms with Crippen molar-refractivity contribution >= 4 is 50.9 Å². The number of amides is 1. The second-order valence-corrected chi connectivity index (χ2v) is 11.4. The minimum Gasteiger partial charge on any atom is -0.459 e. The quantitative estimate of drug-likeness (QED) is 0.450. The second-order valence-electron chi connectivity index (χ2n) is 9.93. The lowest BCUT2D eigenvalue weighted by atomic mass is 10.1. The first-order chi connectivity index (χ1) is 18.1. The van der Waals surface area contributed by atoms with Gasteiger partial charge in [0.2, 0.25) is 0 Å². The number of furan rings is 1. The maximum Gasteiger partial charge on any atom is 0.289 e. The molecule has 0 radical (unpaired) electrons. The van der Waals surface area contributed by atoms with Crippen LogP contribution in [0.15, 0.2) is 46.0 Å². The highest BCUT2D eigenvalue weighted by Gasteiger charge is 2.26. The van der Waals surface area contributed by atoms with Crippen molar-refractivity contribution in [2.45, 2.75) is 31.3 Å². The van der Waals surface area contributed by atoms with E-state index in [9.17, 15) is 4.79 Å². The SMILES string of the molecule is O=C(c1ccco1)N1CCN(CCC2CSC(c3cc4cc(Cl)cc(NC5CCOCC5)c4[nH]3)=N2)CC1. The van der Waals surface area contributed by atoms with E-state index in [1.54, 1.807) is 18.4 Å². The molecule has 2 N–H and O–H groups in total. The summed E-state index contributed by atoms with van der Waals surface area (Å²) in [6.45, 7) is 5.82. The Morgan fingerprint density at radius 2 is 2.03 bits per heavy atom. The zero-order valence-electron chi connectivity index (χ0n) is 20.7. The third kappa shape index (κ3) is 5.70. The van der Waals surface area contributed by atoms with Crippen molar-refractivity contribution in [3.05, 3.63) is 53.1 Å². The lowest BCUT2D eigenvalue weighted by molar-refractivity contribution is 0.0603. The number of aromatic nitrogens is 1. The molecule has 2 aromatic heterocycles. The molecule has 37 heavy (non-hydrogen) atoms. The van der Waals surface area contributed by atoms with Gasteiger partial charge in [-0.15, -0.1) is 11.8 Å². The van der Waals surface area contributed by atoms with Crippen molar-refractivity contribution in [1.82, 2.24) is 14.8 Å². The van der Waals surface area contributed by atoms with Crippen LogP contribution in [-0.4, -0.2) is 89.5 Å². The summed E-state index contributed by atoms with van der Waals surface area (Å²) < 4.78 is 10.8. The van der Waals surface area contributed by atoms with Crippen molar-refractivity contribution in [3.8, 4) is 0 Å². The molecule has 3 aliphatic heterocycles. The number of ether oxygens (including phenoxy) is 1. The van der Waals surface area contributed by atoms with E-state index in [0.717, 1.165) is 103 Å². The van der Waals surface area contributed by atoms with Crippen LogP contribution in [0, 0.1) is 0 Å². The smallest absolute Gasteiger partial charge is 0.289 e. The van der Waals surface area contributed by atoms with Crippen LogP contribution in [0.2, 0.25) is 5.02 Å². The highest BCUT2D eigenvalue weighted by atomic mass is 35.5. The predicted molar refractivity (Wildman–Crippen MR) is 149 cm³/mol. The molecule has 0 aliphatic carbocycles. The summed E-state index contributed by atoms with van der Waals surface area (Å²) in [5.74, 6) is 1.40. The Bertz CT molecular complexity index is 1260. The maximum atomic E-state index is 12.5. The molecule has 5 heterocycles. The van der Waals surface area contributed by atoms with Gasteiger partial charge in [0, 0.05) is 68.1 Å². The number of fused-ring (bicyclic) bond motifs is 1. The highest BCUT2D eigenvalue weighted by Crippen LogP contribution is 2.33. The Morgan fingerprint density at radius 3 is 2.81 bits per heavy atom. The van der Waals surface area contributed by atoms with E-state index >= 15 is 0 Å². The zero-order chi connectivity index (χ0) is 25.2. The number of carbonyl (C=O) groups excluding carboxylic acids is 1. The molecule has 0 bridgehead atoms. The first-order valence-electron chi connectivity index (χ1n) is 13.0. The molecule has 1 atom stereocenters. The molecular weight excluding hydrogens is 510 g/mol. The largest absolute Gasteiger partial charge is 0.459 e. The molecule has 3 aliphatic rings. The van der Waals surface area contributed by atoms with Crippen LogP contribution in [-0.2, 0) is 4.74 Å². The van der Waals surface area contributed by atoms with Crippen LogP contribution >= 0.6 is 23.4 Å². The van der Waals surface area contributed by atoms with Gasteiger partial charge in [-0.25, -0.2) is 0 Å². The first-order valence-corrected chi connectivity index (χ1v) is 14.4. The number of halogens is 1. The summed E-state index contributed by atoms with van der Waals surface area (Å²) in [6, 6.07) is 10.4. The average molecular weight is 542 g/mol. The number of hydrogen-bond acceptors (Lipinski definition) is 7. The molecule has 1 aromatic carbocycles. The van der Waals surface area contributed by atoms with Crippen molar-refractivity contribution in [1.29, 1.82) is 0 Å². The molecule has 196 valence electrons. The van der Waals surface area contributed by atoms with E-state index in [0.29, 0.717) is 17.8 Å². The Balaban J connectivity index is 1.05. The monoisotopic (exact) mass is 541 g/mol. The van der Waals surface area contributed by atoms with Crippen LogP contribution < -0.4 is 5.32 Å². The number of nitrogens with one attached hydrogen (secondary N) is 2. The Hall–Kier alpha value is -2.46. The van der Waals surface area contributed by atoms with E-state index < -0.39 is 0 Å². The Morgan fingerprint density at radius 1 is 1.19 bits per heavy atom. The normalized spacial score (nSPS) is 21.5.